The number of hydrogen-bond acceptors (Lipinski definition) is 5. The zero-order valence-corrected chi connectivity index (χ0v) is 17.0. The molecule has 1 saturated heterocycles. The van der Waals surface area contributed by atoms with E-state index < -0.39 is 0 Å². The normalized spacial score (nSPS) is 15.7. The van der Waals surface area contributed by atoms with Gasteiger partial charge < -0.3 is 20.7 Å². The molecule has 1 fully saturated rings. The number of methoxy groups -OCH3 is 1. The van der Waals surface area contributed by atoms with E-state index in [4.69, 9.17) is 10.5 Å². The lowest BCUT2D eigenvalue weighted by molar-refractivity contribution is -0.126. The summed E-state index contributed by atoms with van der Waals surface area (Å²) in [5.74, 6) is 0.0585. The van der Waals surface area contributed by atoms with Gasteiger partial charge in [0, 0.05) is 58.5 Å². The Morgan fingerprint density at radius 2 is 1.81 bits per heavy atom. The molecule has 0 saturated carbocycles. The van der Waals surface area contributed by atoms with Crippen molar-refractivity contribution in [3.05, 3.63) is 35.4 Å². The molecule has 1 unspecified atom stereocenters. The smallest absolute Gasteiger partial charge is 0.253 e. The Hall–Kier alpha value is -1.67. The monoisotopic (exact) mass is 398 g/mol. The van der Waals surface area contributed by atoms with Crippen molar-refractivity contribution in [3.63, 3.8) is 0 Å². The van der Waals surface area contributed by atoms with Gasteiger partial charge in [0.15, 0.2) is 0 Å². The van der Waals surface area contributed by atoms with Crippen LogP contribution in [-0.4, -0.2) is 74.1 Å². The third-order valence-corrected chi connectivity index (χ3v) is 4.79. The highest BCUT2D eigenvalue weighted by molar-refractivity contribution is 5.94. The predicted octanol–water partition coefficient (Wildman–Crippen LogP) is 0.866. The molecule has 0 aliphatic carbocycles. The van der Waals surface area contributed by atoms with Crippen LogP contribution in [0, 0.1) is 0 Å². The molecule has 1 atom stereocenters. The van der Waals surface area contributed by atoms with Gasteiger partial charge >= 0.3 is 0 Å². The second kappa shape index (κ2) is 11.9. The second-order valence-electron chi connectivity index (χ2n) is 6.54. The maximum Gasteiger partial charge on any atom is 0.253 e. The molecule has 1 aromatic rings. The number of amides is 2. The molecule has 1 aliphatic rings. The van der Waals surface area contributed by atoms with Gasteiger partial charge in [-0.1, -0.05) is 12.1 Å². The van der Waals surface area contributed by atoms with Gasteiger partial charge in [-0.3, -0.25) is 14.5 Å². The molecule has 27 heavy (non-hydrogen) atoms. The molecule has 152 valence electrons. The average Bonchev–Trinajstić information content (AvgIpc) is 2.70. The van der Waals surface area contributed by atoms with Crippen LogP contribution in [0.2, 0.25) is 0 Å². The van der Waals surface area contributed by atoms with Crippen molar-refractivity contribution in [1.29, 1.82) is 0 Å². The molecule has 8 heteroatoms. The highest BCUT2D eigenvalue weighted by atomic mass is 35.5. The minimum Gasteiger partial charge on any atom is -0.385 e. The first-order valence-corrected chi connectivity index (χ1v) is 9.15. The summed E-state index contributed by atoms with van der Waals surface area (Å²) in [5.41, 5.74) is 7.28. The number of benzene rings is 1. The zero-order chi connectivity index (χ0) is 18.9. The first kappa shape index (κ1) is 23.4. The maximum atomic E-state index is 12.6. The van der Waals surface area contributed by atoms with E-state index in [9.17, 15) is 9.59 Å². The number of hydrogen-bond donors (Lipinski definition) is 2. The number of carbonyl (C=O) groups excluding carboxylic acids is 2. The van der Waals surface area contributed by atoms with Gasteiger partial charge in [0.1, 0.15) is 0 Å². The van der Waals surface area contributed by atoms with E-state index in [1.165, 1.54) is 0 Å². The van der Waals surface area contributed by atoms with Crippen LogP contribution in [0.4, 0.5) is 0 Å². The number of halogens is 1. The number of rotatable bonds is 8. The van der Waals surface area contributed by atoms with E-state index in [0.717, 1.165) is 12.0 Å². The molecule has 1 heterocycles. The van der Waals surface area contributed by atoms with Crippen LogP contribution < -0.4 is 11.1 Å². The van der Waals surface area contributed by atoms with E-state index in [-0.39, 0.29) is 30.3 Å². The van der Waals surface area contributed by atoms with Crippen molar-refractivity contribution < 1.29 is 14.3 Å². The van der Waals surface area contributed by atoms with Crippen LogP contribution in [0.15, 0.2) is 24.3 Å². The van der Waals surface area contributed by atoms with Gasteiger partial charge in [-0.2, -0.15) is 0 Å². The Balaban J connectivity index is 0.00000364. The maximum absolute atomic E-state index is 12.6. The third-order valence-electron chi connectivity index (χ3n) is 4.79. The second-order valence-corrected chi connectivity index (χ2v) is 6.54. The van der Waals surface area contributed by atoms with Gasteiger partial charge in [-0.15, -0.1) is 12.4 Å². The lowest BCUT2D eigenvalue weighted by Gasteiger charge is -2.37. The third kappa shape index (κ3) is 6.77. The molecule has 1 aromatic carbocycles. The molecule has 3 N–H and O–H groups in total. The van der Waals surface area contributed by atoms with Gasteiger partial charge in [0.05, 0.1) is 6.04 Å². The fourth-order valence-electron chi connectivity index (χ4n) is 3.02. The van der Waals surface area contributed by atoms with Crippen LogP contribution in [0.25, 0.3) is 0 Å². The van der Waals surface area contributed by atoms with Gasteiger partial charge in [-0.25, -0.2) is 0 Å². The highest BCUT2D eigenvalue weighted by Crippen LogP contribution is 2.12. The largest absolute Gasteiger partial charge is 0.385 e. The Bertz CT molecular complexity index is 589. The Morgan fingerprint density at radius 1 is 1.19 bits per heavy atom. The van der Waals surface area contributed by atoms with Crippen molar-refractivity contribution in [3.8, 4) is 0 Å². The van der Waals surface area contributed by atoms with Gasteiger partial charge in [0.25, 0.3) is 5.91 Å². The summed E-state index contributed by atoms with van der Waals surface area (Å²) in [6.45, 7) is 6.28. The quantitative estimate of drug-likeness (QED) is 0.634. The lowest BCUT2D eigenvalue weighted by Crippen LogP contribution is -2.55. The number of piperazine rings is 1. The van der Waals surface area contributed by atoms with Crippen LogP contribution in [0.1, 0.15) is 29.3 Å². The van der Waals surface area contributed by atoms with Crippen molar-refractivity contribution >= 4 is 24.2 Å². The Morgan fingerprint density at radius 3 is 2.37 bits per heavy atom. The Kier molecular flexibility index (Phi) is 10.3. The summed E-state index contributed by atoms with van der Waals surface area (Å²) in [6.07, 6.45) is 0.806. The number of nitrogens with one attached hydrogen (secondary N) is 1. The Labute approximate surface area is 167 Å². The molecule has 0 spiro atoms. The molecule has 7 nitrogen and oxygen atoms in total. The van der Waals surface area contributed by atoms with Crippen molar-refractivity contribution in [2.45, 2.75) is 25.9 Å². The van der Waals surface area contributed by atoms with Crippen LogP contribution >= 0.6 is 12.4 Å². The van der Waals surface area contributed by atoms with Crippen LogP contribution in [-0.2, 0) is 16.1 Å². The summed E-state index contributed by atoms with van der Waals surface area (Å²) in [5, 5.41) is 2.93. The van der Waals surface area contributed by atoms with Gasteiger partial charge in [-0.05, 0) is 31.0 Å². The first-order valence-electron chi connectivity index (χ1n) is 9.15. The topological polar surface area (TPSA) is 87.9 Å². The van der Waals surface area contributed by atoms with Gasteiger partial charge in [0.2, 0.25) is 5.91 Å². The summed E-state index contributed by atoms with van der Waals surface area (Å²) < 4.78 is 4.98. The van der Waals surface area contributed by atoms with E-state index in [1.807, 2.05) is 36.1 Å². The molecule has 2 rings (SSSR count). The molecule has 2 amide bonds. The number of nitrogens with two attached hydrogens (primary N) is 1. The van der Waals surface area contributed by atoms with E-state index in [2.05, 4.69) is 10.2 Å². The molecular weight excluding hydrogens is 368 g/mol. The summed E-state index contributed by atoms with van der Waals surface area (Å²) >= 11 is 0. The zero-order valence-electron chi connectivity index (χ0n) is 16.1. The van der Waals surface area contributed by atoms with E-state index in [0.29, 0.717) is 51.4 Å². The fourth-order valence-corrected chi connectivity index (χ4v) is 3.02. The van der Waals surface area contributed by atoms with Crippen molar-refractivity contribution in [2.24, 2.45) is 5.73 Å². The van der Waals surface area contributed by atoms with Crippen LogP contribution in [0.3, 0.4) is 0 Å². The van der Waals surface area contributed by atoms with E-state index >= 15 is 0 Å². The number of carbonyl (C=O) groups is 2. The summed E-state index contributed by atoms with van der Waals surface area (Å²) in [4.78, 5) is 28.8. The minimum absolute atomic E-state index is 0. The fraction of sp³-hybridized carbons (Fsp3) is 0.579. The van der Waals surface area contributed by atoms with E-state index in [1.54, 1.807) is 7.11 Å². The summed E-state index contributed by atoms with van der Waals surface area (Å²) in [7, 11) is 1.65. The van der Waals surface area contributed by atoms with Crippen molar-refractivity contribution in [2.75, 3.05) is 46.4 Å². The molecule has 0 aromatic heterocycles. The molecule has 0 radical (unpaired) electrons. The minimum atomic E-state index is -0.196. The molecule has 0 bridgehead atoms. The standard InChI is InChI=1S/C19H30N4O3.ClH/c1-15(18(24)21-8-3-13-26-2)22-9-11-23(12-10-22)19(25)17-6-4-16(14-20)5-7-17;/h4-7,15H,3,8-14,20H2,1-2H3,(H,21,24);1H. The summed E-state index contributed by atoms with van der Waals surface area (Å²) in [6, 6.07) is 7.23. The highest BCUT2D eigenvalue weighted by Gasteiger charge is 2.27. The molecular formula is C19H31ClN4O3. The number of ether oxygens (including phenoxy) is 1. The predicted molar refractivity (Wildman–Crippen MR) is 108 cm³/mol. The van der Waals surface area contributed by atoms with Crippen LogP contribution in [0.5, 0.6) is 0 Å². The SMILES string of the molecule is COCCCNC(=O)C(C)N1CCN(C(=O)c2ccc(CN)cc2)CC1.Cl. The molecule has 1 aliphatic heterocycles. The number of nitrogens with zero attached hydrogens (tertiary/aromatic N) is 2. The first-order chi connectivity index (χ1) is 12.6. The van der Waals surface area contributed by atoms with Crippen molar-refractivity contribution in [1.82, 2.24) is 15.1 Å². The average molecular weight is 399 g/mol. The lowest BCUT2D eigenvalue weighted by atomic mass is 10.1.